The molecule has 0 saturated carbocycles. The molecule has 0 saturated heterocycles. The van der Waals surface area contributed by atoms with Crippen LogP contribution in [-0.2, 0) is 4.79 Å². The molecule has 0 unspecified atom stereocenters. The molecule has 0 aliphatic carbocycles. The molecule has 134 valence electrons. The molecule has 2 atom stereocenters. The Hall–Kier alpha value is -2.69. The minimum Gasteiger partial charge on any atom is -0.493 e. The van der Waals surface area contributed by atoms with Crippen molar-refractivity contribution in [1.82, 2.24) is 5.32 Å². The molecule has 0 spiro atoms. The Morgan fingerprint density at radius 3 is 2.36 bits per heavy atom. The topological polar surface area (TPSA) is 56.8 Å². The van der Waals surface area contributed by atoms with Crippen molar-refractivity contribution in [2.75, 3.05) is 14.2 Å². The molecular weight excluding hydrogens is 318 g/mol. The van der Waals surface area contributed by atoms with Gasteiger partial charge in [-0.3, -0.25) is 4.79 Å². The zero-order valence-corrected chi connectivity index (χ0v) is 15.3. The summed E-state index contributed by atoms with van der Waals surface area (Å²) in [6.45, 7) is 5.63. The zero-order chi connectivity index (χ0) is 18.4. The van der Waals surface area contributed by atoms with Gasteiger partial charge in [-0.2, -0.15) is 0 Å². The molecule has 0 aliphatic rings. The predicted molar refractivity (Wildman–Crippen MR) is 97.4 cm³/mol. The highest BCUT2D eigenvalue weighted by atomic mass is 16.5. The van der Waals surface area contributed by atoms with E-state index in [0.717, 1.165) is 11.1 Å². The molecule has 1 amide bonds. The van der Waals surface area contributed by atoms with Crippen LogP contribution >= 0.6 is 0 Å². The van der Waals surface area contributed by atoms with Crippen molar-refractivity contribution >= 4 is 5.91 Å². The normalized spacial score (nSPS) is 12.8. The van der Waals surface area contributed by atoms with Gasteiger partial charge < -0.3 is 19.5 Å². The van der Waals surface area contributed by atoms with E-state index in [2.05, 4.69) is 5.32 Å². The first-order valence-electron chi connectivity index (χ1n) is 8.20. The Labute approximate surface area is 148 Å². The Morgan fingerprint density at radius 1 is 1.00 bits per heavy atom. The van der Waals surface area contributed by atoms with E-state index in [1.165, 1.54) is 0 Å². The minimum absolute atomic E-state index is 0.177. The number of hydrogen-bond donors (Lipinski definition) is 1. The summed E-state index contributed by atoms with van der Waals surface area (Å²) >= 11 is 0. The van der Waals surface area contributed by atoms with Crippen LogP contribution in [0.15, 0.2) is 42.5 Å². The van der Waals surface area contributed by atoms with Gasteiger partial charge in [-0.1, -0.05) is 18.2 Å². The second-order valence-corrected chi connectivity index (χ2v) is 5.92. The van der Waals surface area contributed by atoms with Crippen LogP contribution in [0.25, 0.3) is 0 Å². The van der Waals surface area contributed by atoms with Gasteiger partial charge in [0.15, 0.2) is 17.6 Å². The fraction of sp³-hybridized carbons (Fsp3) is 0.350. The Bertz CT molecular complexity index is 729. The van der Waals surface area contributed by atoms with E-state index in [-0.39, 0.29) is 11.9 Å². The minimum atomic E-state index is -0.593. The number of ether oxygens (including phenoxy) is 3. The summed E-state index contributed by atoms with van der Waals surface area (Å²) in [7, 11) is 3.18. The first-order chi connectivity index (χ1) is 11.9. The first kappa shape index (κ1) is 18.6. The molecule has 5 heteroatoms. The van der Waals surface area contributed by atoms with Crippen molar-refractivity contribution in [1.29, 1.82) is 0 Å². The predicted octanol–water partition coefficient (Wildman–Crippen LogP) is 3.66. The van der Waals surface area contributed by atoms with E-state index in [1.54, 1.807) is 21.1 Å². The third kappa shape index (κ3) is 4.89. The molecule has 2 aromatic carbocycles. The van der Waals surface area contributed by atoms with E-state index in [9.17, 15) is 4.79 Å². The van der Waals surface area contributed by atoms with Crippen LogP contribution in [0.2, 0.25) is 0 Å². The van der Waals surface area contributed by atoms with E-state index in [4.69, 9.17) is 14.2 Å². The molecule has 2 rings (SSSR count). The summed E-state index contributed by atoms with van der Waals surface area (Å²) in [5.74, 6) is 1.79. The fourth-order valence-corrected chi connectivity index (χ4v) is 2.48. The van der Waals surface area contributed by atoms with E-state index in [0.29, 0.717) is 17.2 Å². The van der Waals surface area contributed by atoms with E-state index in [1.807, 2.05) is 56.3 Å². The third-order valence-corrected chi connectivity index (χ3v) is 3.94. The molecule has 0 radical (unpaired) electrons. The maximum Gasteiger partial charge on any atom is 0.261 e. The highest BCUT2D eigenvalue weighted by Gasteiger charge is 2.18. The summed E-state index contributed by atoms with van der Waals surface area (Å²) in [6, 6.07) is 13.0. The van der Waals surface area contributed by atoms with Gasteiger partial charge in [0.05, 0.1) is 20.3 Å². The van der Waals surface area contributed by atoms with Crippen LogP contribution in [0, 0.1) is 6.92 Å². The van der Waals surface area contributed by atoms with Crippen LogP contribution in [0.3, 0.4) is 0 Å². The summed E-state index contributed by atoms with van der Waals surface area (Å²) in [6.07, 6.45) is -0.593. The number of aryl methyl sites for hydroxylation is 1. The van der Waals surface area contributed by atoms with Crippen molar-refractivity contribution in [3.8, 4) is 17.2 Å². The average molecular weight is 343 g/mol. The SMILES string of the molecule is COc1ccc([C@@H](C)NC(=O)[C@@H](C)Oc2cccc(C)c2)cc1OC. The molecule has 5 nitrogen and oxygen atoms in total. The van der Waals surface area contributed by atoms with Gasteiger partial charge in [-0.25, -0.2) is 0 Å². The molecule has 0 aromatic heterocycles. The summed E-state index contributed by atoms with van der Waals surface area (Å²) in [5.41, 5.74) is 2.01. The molecule has 2 aromatic rings. The number of carbonyl (C=O) groups excluding carboxylic acids is 1. The lowest BCUT2D eigenvalue weighted by molar-refractivity contribution is -0.127. The number of hydrogen-bond acceptors (Lipinski definition) is 4. The van der Waals surface area contributed by atoms with E-state index < -0.39 is 6.10 Å². The molecule has 25 heavy (non-hydrogen) atoms. The van der Waals surface area contributed by atoms with Gasteiger partial charge in [0.1, 0.15) is 5.75 Å². The largest absolute Gasteiger partial charge is 0.493 e. The summed E-state index contributed by atoms with van der Waals surface area (Å²) in [5, 5.41) is 2.96. The summed E-state index contributed by atoms with van der Waals surface area (Å²) in [4.78, 5) is 12.4. The Morgan fingerprint density at radius 2 is 1.72 bits per heavy atom. The van der Waals surface area contributed by atoms with Crippen molar-refractivity contribution in [3.05, 3.63) is 53.6 Å². The van der Waals surface area contributed by atoms with Gasteiger partial charge in [0.2, 0.25) is 0 Å². The smallest absolute Gasteiger partial charge is 0.261 e. The number of nitrogens with one attached hydrogen (secondary N) is 1. The number of methoxy groups -OCH3 is 2. The standard InChI is InChI=1S/C20H25NO4/c1-13-7-6-8-17(11-13)25-15(3)20(22)21-14(2)16-9-10-18(23-4)19(12-16)24-5/h6-12,14-15H,1-5H3,(H,21,22)/t14-,15-/m1/s1. The summed E-state index contributed by atoms with van der Waals surface area (Å²) < 4.78 is 16.3. The monoisotopic (exact) mass is 343 g/mol. The maximum absolute atomic E-state index is 12.4. The number of amides is 1. The van der Waals surface area contributed by atoms with Crippen molar-refractivity contribution in [2.24, 2.45) is 0 Å². The number of benzene rings is 2. The zero-order valence-electron chi connectivity index (χ0n) is 15.3. The molecule has 0 bridgehead atoms. The molecular formula is C20H25NO4. The second kappa shape index (κ2) is 8.42. The van der Waals surface area contributed by atoms with Crippen LogP contribution in [0.5, 0.6) is 17.2 Å². The molecule has 0 fully saturated rings. The van der Waals surface area contributed by atoms with Gasteiger partial charge in [-0.05, 0) is 56.2 Å². The third-order valence-electron chi connectivity index (χ3n) is 3.94. The number of rotatable bonds is 7. The fourth-order valence-electron chi connectivity index (χ4n) is 2.48. The molecule has 0 heterocycles. The lowest BCUT2D eigenvalue weighted by atomic mass is 10.1. The van der Waals surface area contributed by atoms with Crippen LogP contribution < -0.4 is 19.5 Å². The van der Waals surface area contributed by atoms with Crippen molar-refractivity contribution in [3.63, 3.8) is 0 Å². The van der Waals surface area contributed by atoms with Crippen LogP contribution in [-0.4, -0.2) is 26.2 Å². The van der Waals surface area contributed by atoms with Gasteiger partial charge in [-0.15, -0.1) is 0 Å². The van der Waals surface area contributed by atoms with Crippen LogP contribution in [0.1, 0.15) is 31.0 Å². The lowest BCUT2D eigenvalue weighted by Crippen LogP contribution is -2.37. The highest BCUT2D eigenvalue weighted by Crippen LogP contribution is 2.29. The second-order valence-electron chi connectivity index (χ2n) is 5.92. The highest BCUT2D eigenvalue weighted by molar-refractivity contribution is 5.81. The van der Waals surface area contributed by atoms with Gasteiger partial charge in [0, 0.05) is 0 Å². The van der Waals surface area contributed by atoms with Crippen molar-refractivity contribution in [2.45, 2.75) is 32.9 Å². The lowest BCUT2D eigenvalue weighted by Gasteiger charge is -2.20. The molecule has 0 aliphatic heterocycles. The Balaban J connectivity index is 2.01. The maximum atomic E-state index is 12.4. The quantitative estimate of drug-likeness (QED) is 0.834. The Kier molecular flexibility index (Phi) is 6.28. The first-order valence-corrected chi connectivity index (χ1v) is 8.20. The van der Waals surface area contributed by atoms with Crippen LogP contribution in [0.4, 0.5) is 0 Å². The number of carbonyl (C=O) groups is 1. The molecule has 1 N–H and O–H groups in total. The van der Waals surface area contributed by atoms with Gasteiger partial charge in [0.25, 0.3) is 5.91 Å². The average Bonchev–Trinajstić information content (AvgIpc) is 2.60. The van der Waals surface area contributed by atoms with Crippen molar-refractivity contribution < 1.29 is 19.0 Å². The van der Waals surface area contributed by atoms with E-state index >= 15 is 0 Å². The van der Waals surface area contributed by atoms with Gasteiger partial charge >= 0.3 is 0 Å².